The molecule has 0 saturated heterocycles. The summed E-state index contributed by atoms with van der Waals surface area (Å²) in [6, 6.07) is 9.07. The third-order valence-electron chi connectivity index (χ3n) is 4.88. The van der Waals surface area contributed by atoms with Crippen LogP contribution < -0.4 is 20.9 Å². The standard InChI is InChI=1S/C24H22ClFN8O2/c1-3-21(35)34(2)20-11-16(7-8-19(20)26)32-24-31-14-18(25)22(33-24)28-9-4-10-29-23(36)15-5-6-17(12-27)30-13-15/h3,5-8,11,13-14H,1,4,9-10H2,2H3,(H,29,36)(H2,28,31,32,33). The molecule has 0 bridgehead atoms. The van der Waals surface area contributed by atoms with Crippen molar-refractivity contribution in [1.29, 1.82) is 5.26 Å². The van der Waals surface area contributed by atoms with E-state index in [4.69, 9.17) is 16.9 Å². The molecule has 0 fully saturated rings. The van der Waals surface area contributed by atoms with E-state index >= 15 is 0 Å². The number of pyridine rings is 1. The van der Waals surface area contributed by atoms with Crippen molar-refractivity contribution < 1.29 is 14.0 Å². The Hall–Kier alpha value is -4.56. The highest BCUT2D eigenvalue weighted by molar-refractivity contribution is 6.32. The van der Waals surface area contributed by atoms with E-state index in [-0.39, 0.29) is 23.2 Å². The second kappa shape index (κ2) is 12.2. The number of amides is 2. The van der Waals surface area contributed by atoms with E-state index in [0.29, 0.717) is 41.6 Å². The Morgan fingerprint density at radius 2 is 2.03 bits per heavy atom. The van der Waals surface area contributed by atoms with Gasteiger partial charge in [0.15, 0.2) is 0 Å². The fourth-order valence-corrected chi connectivity index (χ4v) is 3.13. The van der Waals surface area contributed by atoms with Crippen LogP contribution in [0.5, 0.6) is 0 Å². The van der Waals surface area contributed by atoms with Gasteiger partial charge in [-0.3, -0.25) is 9.59 Å². The number of carbonyl (C=O) groups excluding carboxylic acids is 2. The molecule has 3 rings (SSSR count). The molecule has 0 atom stereocenters. The van der Waals surface area contributed by atoms with Gasteiger partial charge in [0.05, 0.1) is 17.4 Å². The van der Waals surface area contributed by atoms with Gasteiger partial charge in [0.2, 0.25) is 11.9 Å². The highest BCUT2D eigenvalue weighted by Gasteiger charge is 2.14. The lowest BCUT2D eigenvalue weighted by atomic mass is 10.2. The molecule has 0 radical (unpaired) electrons. The van der Waals surface area contributed by atoms with Crippen LogP contribution in [0.1, 0.15) is 22.5 Å². The molecular formula is C24H22ClFN8O2. The zero-order chi connectivity index (χ0) is 26.1. The molecule has 12 heteroatoms. The summed E-state index contributed by atoms with van der Waals surface area (Å²) in [5.74, 6) is -0.736. The first-order valence-electron chi connectivity index (χ1n) is 10.7. The first-order chi connectivity index (χ1) is 17.3. The van der Waals surface area contributed by atoms with E-state index < -0.39 is 11.7 Å². The Kier molecular flexibility index (Phi) is 8.85. The fraction of sp³-hybridized carbons (Fsp3) is 0.167. The average molecular weight is 509 g/mol. The number of benzene rings is 1. The molecule has 36 heavy (non-hydrogen) atoms. The van der Waals surface area contributed by atoms with Crippen LogP contribution in [0.25, 0.3) is 0 Å². The fourth-order valence-electron chi connectivity index (χ4n) is 2.98. The van der Waals surface area contributed by atoms with Crippen molar-refractivity contribution >= 4 is 46.6 Å². The van der Waals surface area contributed by atoms with Gasteiger partial charge in [-0.15, -0.1) is 0 Å². The number of nitrogens with one attached hydrogen (secondary N) is 3. The number of halogens is 2. The monoisotopic (exact) mass is 508 g/mol. The normalized spacial score (nSPS) is 10.2. The summed E-state index contributed by atoms with van der Waals surface area (Å²) < 4.78 is 14.2. The number of anilines is 4. The van der Waals surface area contributed by atoms with Crippen LogP contribution in [0, 0.1) is 17.1 Å². The van der Waals surface area contributed by atoms with Crippen LogP contribution in [0.2, 0.25) is 5.02 Å². The summed E-state index contributed by atoms with van der Waals surface area (Å²) in [6.45, 7) is 4.25. The Morgan fingerprint density at radius 3 is 2.72 bits per heavy atom. The van der Waals surface area contributed by atoms with Gasteiger partial charge in [-0.1, -0.05) is 18.2 Å². The third kappa shape index (κ3) is 6.74. The average Bonchev–Trinajstić information content (AvgIpc) is 2.90. The molecule has 0 saturated carbocycles. The molecule has 3 aromatic rings. The highest BCUT2D eigenvalue weighted by atomic mass is 35.5. The zero-order valence-electron chi connectivity index (χ0n) is 19.3. The van der Waals surface area contributed by atoms with Gasteiger partial charge >= 0.3 is 0 Å². The Bertz CT molecular complexity index is 1310. The number of carbonyl (C=O) groups is 2. The quantitative estimate of drug-likeness (QED) is 0.279. The lowest BCUT2D eigenvalue weighted by molar-refractivity contribution is -0.113. The molecule has 0 aliphatic heterocycles. The number of hydrogen-bond acceptors (Lipinski definition) is 8. The summed E-state index contributed by atoms with van der Waals surface area (Å²) in [5.41, 5.74) is 1.13. The van der Waals surface area contributed by atoms with Gasteiger partial charge in [-0.05, 0) is 42.8 Å². The minimum Gasteiger partial charge on any atom is -0.369 e. The zero-order valence-corrected chi connectivity index (χ0v) is 20.0. The van der Waals surface area contributed by atoms with Gasteiger partial charge in [0.1, 0.15) is 28.4 Å². The van der Waals surface area contributed by atoms with Crippen molar-refractivity contribution in [3.63, 3.8) is 0 Å². The molecule has 184 valence electrons. The Balaban J connectivity index is 1.55. The molecule has 1 aromatic carbocycles. The summed E-state index contributed by atoms with van der Waals surface area (Å²) in [4.78, 5) is 37.4. The molecule has 0 aliphatic carbocycles. The Morgan fingerprint density at radius 1 is 1.22 bits per heavy atom. The van der Waals surface area contributed by atoms with Gasteiger partial charge in [-0.2, -0.15) is 10.2 Å². The molecular weight excluding hydrogens is 487 g/mol. The van der Waals surface area contributed by atoms with Crippen LogP contribution in [-0.4, -0.2) is 46.9 Å². The smallest absolute Gasteiger partial charge is 0.252 e. The van der Waals surface area contributed by atoms with Gasteiger partial charge in [0.25, 0.3) is 5.91 Å². The topological polar surface area (TPSA) is 136 Å². The number of hydrogen-bond donors (Lipinski definition) is 3. The lowest BCUT2D eigenvalue weighted by Crippen LogP contribution is -2.26. The number of likely N-dealkylation sites (N-methyl/N-ethyl adjacent to an activating group) is 1. The first-order valence-corrected chi connectivity index (χ1v) is 11.1. The second-order valence-electron chi connectivity index (χ2n) is 7.36. The molecule has 0 unspecified atom stereocenters. The molecule has 0 spiro atoms. The molecule has 2 heterocycles. The van der Waals surface area contributed by atoms with E-state index in [0.717, 1.165) is 11.0 Å². The van der Waals surface area contributed by atoms with Crippen molar-refractivity contribution in [3.8, 4) is 6.07 Å². The minimum absolute atomic E-state index is 0.0658. The first kappa shape index (κ1) is 26.1. The molecule has 10 nitrogen and oxygen atoms in total. The number of aromatic nitrogens is 3. The predicted octanol–water partition coefficient (Wildman–Crippen LogP) is 3.66. The largest absolute Gasteiger partial charge is 0.369 e. The molecule has 2 amide bonds. The SMILES string of the molecule is C=CC(=O)N(C)c1cc(Nc2ncc(Cl)c(NCCCNC(=O)c3ccc(C#N)nc3)n2)ccc1F. The molecule has 2 aromatic heterocycles. The van der Waals surface area contributed by atoms with Gasteiger partial charge in [-0.25, -0.2) is 14.4 Å². The third-order valence-corrected chi connectivity index (χ3v) is 5.16. The minimum atomic E-state index is -0.569. The lowest BCUT2D eigenvalue weighted by Gasteiger charge is -2.17. The van der Waals surface area contributed by atoms with E-state index in [9.17, 15) is 14.0 Å². The number of nitriles is 1. The van der Waals surface area contributed by atoms with Crippen molar-refractivity contribution in [2.45, 2.75) is 6.42 Å². The Labute approximate surface area is 211 Å². The van der Waals surface area contributed by atoms with E-state index in [1.807, 2.05) is 6.07 Å². The van der Waals surface area contributed by atoms with Crippen LogP contribution >= 0.6 is 11.6 Å². The van der Waals surface area contributed by atoms with Crippen LogP contribution in [0.15, 0.2) is 55.4 Å². The number of nitrogens with zero attached hydrogens (tertiary/aromatic N) is 5. The van der Waals surface area contributed by atoms with Crippen molar-refractivity contribution in [3.05, 3.63) is 77.5 Å². The van der Waals surface area contributed by atoms with Crippen molar-refractivity contribution in [2.75, 3.05) is 35.7 Å². The maximum Gasteiger partial charge on any atom is 0.252 e. The van der Waals surface area contributed by atoms with E-state index in [2.05, 4.69) is 37.5 Å². The molecule has 3 N–H and O–H groups in total. The summed E-state index contributed by atoms with van der Waals surface area (Å²) >= 11 is 6.19. The van der Waals surface area contributed by atoms with E-state index in [1.165, 1.54) is 49.8 Å². The second-order valence-corrected chi connectivity index (χ2v) is 7.77. The van der Waals surface area contributed by atoms with Crippen molar-refractivity contribution in [1.82, 2.24) is 20.3 Å². The van der Waals surface area contributed by atoms with Gasteiger partial charge < -0.3 is 20.9 Å². The van der Waals surface area contributed by atoms with Crippen molar-refractivity contribution in [2.24, 2.45) is 0 Å². The van der Waals surface area contributed by atoms with Crippen LogP contribution in [0.3, 0.4) is 0 Å². The predicted molar refractivity (Wildman–Crippen MR) is 135 cm³/mol. The summed E-state index contributed by atoms with van der Waals surface area (Å²) in [7, 11) is 1.44. The number of rotatable bonds is 10. The highest BCUT2D eigenvalue weighted by Crippen LogP contribution is 2.26. The maximum atomic E-state index is 14.2. The summed E-state index contributed by atoms with van der Waals surface area (Å²) in [5, 5.41) is 17.9. The maximum absolute atomic E-state index is 14.2. The molecule has 0 aliphatic rings. The van der Waals surface area contributed by atoms with Crippen LogP contribution in [-0.2, 0) is 4.79 Å². The van der Waals surface area contributed by atoms with E-state index in [1.54, 1.807) is 0 Å². The van der Waals surface area contributed by atoms with Crippen LogP contribution in [0.4, 0.5) is 27.5 Å². The summed E-state index contributed by atoms with van der Waals surface area (Å²) in [6.07, 6.45) is 4.43. The van der Waals surface area contributed by atoms with Gasteiger partial charge in [0, 0.05) is 32.0 Å².